The number of hydrogen-bond donors (Lipinski definition) is 1. The molecule has 1 fully saturated rings. The van der Waals surface area contributed by atoms with Crippen LogP contribution in [-0.4, -0.2) is 32.3 Å². The standard InChI is InChI=1S/C25H30N2O4S/c1-16-10-6-7-11-20(16)15-26-32(29,30)24-18(3)17(2)14-21-19(4)22(31-23(21)24)25(28)27-12-8-5-9-13-27/h6-7,10-11,14,26H,5,8-9,12-13,15H2,1-4H3. The lowest BCUT2D eigenvalue weighted by molar-refractivity contribution is 0.0693. The number of amides is 1. The average molecular weight is 455 g/mol. The van der Waals surface area contributed by atoms with Gasteiger partial charge in [-0.05, 0) is 75.3 Å². The van der Waals surface area contributed by atoms with E-state index in [1.165, 1.54) is 0 Å². The Balaban J connectivity index is 1.77. The summed E-state index contributed by atoms with van der Waals surface area (Å²) in [6.07, 6.45) is 3.08. The van der Waals surface area contributed by atoms with Gasteiger partial charge < -0.3 is 9.32 Å². The molecule has 170 valence electrons. The van der Waals surface area contributed by atoms with Gasteiger partial charge in [0.1, 0.15) is 4.90 Å². The molecule has 32 heavy (non-hydrogen) atoms. The molecular weight excluding hydrogens is 424 g/mol. The first-order valence-electron chi connectivity index (χ1n) is 11.1. The van der Waals surface area contributed by atoms with E-state index in [1.807, 2.05) is 51.1 Å². The van der Waals surface area contributed by atoms with Crippen molar-refractivity contribution in [3.05, 3.63) is 63.9 Å². The third kappa shape index (κ3) is 4.07. The Bertz CT molecular complexity index is 1290. The highest BCUT2D eigenvalue weighted by Crippen LogP contribution is 2.35. The van der Waals surface area contributed by atoms with E-state index in [1.54, 1.807) is 11.8 Å². The van der Waals surface area contributed by atoms with E-state index in [0.29, 0.717) is 29.6 Å². The Morgan fingerprint density at radius 3 is 2.38 bits per heavy atom. The van der Waals surface area contributed by atoms with E-state index in [-0.39, 0.29) is 28.7 Å². The van der Waals surface area contributed by atoms with Gasteiger partial charge in [0, 0.05) is 30.6 Å². The van der Waals surface area contributed by atoms with Crippen molar-refractivity contribution >= 4 is 26.9 Å². The van der Waals surface area contributed by atoms with Crippen LogP contribution in [-0.2, 0) is 16.6 Å². The van der Waals surface area contributed by atoms with Crippen LogP contribution in [0.5, 0.6) is 0 Å². The first-order chi connectivity index (χ1) is 15.2. The summed E-state index contributed by atoms with van der Waals surface area (Å²) in [5, 5.41) is 0.671. The Labute approximate surface area is 189 Å². The highest BCUT2D eigenvalue weighted by molar-refractivity contribution is 7.89. The Morgan fingerprint density at radius 2 is 1.69 bits per heavy atom. The number of aryl methyl sites for hydroxylation is 3. The molecule has 2 heterocycles. The van der Waals surface area contributed by atoms with Gasteiger partial charge in [0.25, 0.3) is 5.91 Å². The van der Waals surface area contributed by atoms with Gasteiger partial charge in [0.05, 0.1) is 0 Å². The molecule has 0 saturated carbocycles. The van der Waals surface area contributed by atoms with Crippen molar-refractivity contribution in [2.45, 2.75) is 58.4 Å². The van der Waals surface area contributed by atoms with Crippen LogP contribution in [0.1, 0.15) is 57.6 Å². The normalized spacial score (nSPS) is 14.8. The van der Waals surface area contributed by atoms with Crippen molar-refractivity contribution in [1.29, 1.82) is 0 Å². The molecule has 4 rings (SSSR count). The van der Waals surface area contributed by atoms with Crippen LogP contribution in [0, 0.1) is 27.7 Å². The smallest absolute Gasteiger partial charge is 0.289 e. The summed E-state index contributed by atoms with van der Waals surface area (Å²) in [4.78, 5) is 15.1. The second kappa shape index (κ2) is 8.71. The van der Waals surface area contributed by atoms with Crippen molar-refractivity contribution in [2.24, 2.45) is 0 Å². The molecule has 0 unspecified atom stereocenters. The first-order valence-corrected chi connectivity index (χ1v) is 12.6. The number of hydrogen-bond acceptors (Lipinski definition) is 4. The molecular formula is C25H30N2O4S. The fraction of sp³-hybridized carbons (Fsp3) is 0.400. The number of nitrogens with one attached hydrogen (secondary N) is 1. The molecule has 2 aromatic carbocycles. The zero-order valence-electron chi connectivity index (χ0n) is 19.1. The van der Waals surface area contributed by atoms with Gasteiger partial charge in [0.15, 0.2) is 11.3 Å². The van der Waals surface area contributed by atoms with E-state index in [4.69, 9.17) is 4.42 Å². The predicted octanol–water partition coefficient (Wildman–Crippen LogP) is 4.77. The molecule has 6 nitrogen and oxygen atoms in total. The van der Waals surface area contributed by atoms with Crippen molar-refractivity contribution in [1.82, 2.24) is 9.62 Å². The molecule has 1 amide bonds. The number of carbonyl (C=O) groups excluding carboxylic acids is 1. The number of piperidine rings is 1. The molecule has 1 aromatic heterocycles. The molecule has 0 atom stereocenters. The van der Waals surface area contributed by atoms with Crippen LogP contribution >= 0.6 is 0 Å². The lowest BCUT2D eigenvalue weighted by atomic mass is 10.0. The quantitative estimate of drug-likeness (QED) is 0.602. The third-order valence-corrected chi connectivity index (χ3v) is 8.07. The van der Waals surface area contributed by atoms with Crippen LogP contribution in [0.25, 0.3) is 11.0 Å². The highest BCUT2D eigenvalue weighted by Gasteiger charge is 2.30. The summed E-state index contributed by atoms with van der Waals surface area (Å²) in [5.41, 5.74) is 4.34. The van der Waals surface area contributed by atoms with E-state index in [0.717, 1.165) is 36.0 Å². The molecule has 0 bridgehead atoms. The SMILES string of the molecule is Cc1ccccc1CNS(=O)(=O)c1c(C)c(C)cc2c(C)c(C(=O)N3CCCCC3)oc12. The van der Waals surface area contributed by atoms with Crippen molar-refractivity contribution in [3.63, 3.8) is 0 Å². The topological polar surface area (TPSA) is 79.6 Å². The van der Waals surface area contributed by atoms with Gasteiger partial charge in [-0.15, -0.1) is 0 Å². The Morgan fingerprint density at radius 1 is 1.00 bits per heavy atom. The summed E-state index contributed by atoms with van der Waals surface area (Å²) in [6, 6.07) is 9.59. The second-order valence-electron chi connectivity index (χ2n) is 8.68. The maximum absolute atomic E-state index is 13.4. The molecule has 3 aromatic rings. The highest BCUT2D eigenvalue weighted by atomic mass is 32.2. The number of nitrogens with zero attached hydrogens (tertiary/aromatic N) is 1. The zero-order chi connectivity index (χ0) is 23.0. The number of fused-ring (bicyclic) bond motifs is 1. The van der Waals surface area contributed by atoms with Gasteiger partial charge in [-0.3, -0.25) is 4.79 Å². The molecule has 0 spiro atoms. The predicted molar refractivity (Wildman–Crippen MR) is 125 cm³/mol. The molecule has 0 aliphatic carbocycles. The maximum Gasteiger partial charge on any atom is 0.289 e. The fourth-order valence-corrected chi connectivity index (χ4v) is 5.81. The molecule has 1 aliphatic heterocycles. The van der Waals surface area contributed by atoms with E-state index in [2.05, 4.69) is 4.72 Å². The van der Waals surface area contributed by atoms with Crippen LogP contribution in [0.3, 0.4) is 0 Å². The van der Waals surface area contributed by atoms with Gasteiger partial charge in [-0.1, -0.05) is 24.3 Å². The number of likely N-dealkylation sites (tertiary alicyclic amines) is 1. The number of furan rings is 1. The summed E-state index contributed by atoms with van der Waals surface area (Å²) >= 11 is 0. The number of rotatable bonds is 5. The van der Waals surface area contributed by atoms with Crippen molar-refractivity contribution in [2.75, 3.05) is 13.1 Å². The van der Waals surface area contributed by atoms with Gasteiger partial charge >= 0.3 is 0 Å². The minimum atomic E-state index is -3.88. The monoisotopic (exact) mass is 454 g/mol. The third-order valence-electron chi connectivity index (χ3n) is 6.51. The molecule has 1 aliphatic rings. The number of sulfonamides is 1. The van der Waals surface area contributed by atoms with E-state index in [9.17, 15) is 13.2 Å². The number of carbonyl (C=O) groups is 1. The average Bonchev–Trinajstić information content (AvgIpc) is 3.09. The summed E-state index contributed by atoms with van der Waals surface area (Å²) in [7, 11) is -3.88. The second-order valence-corrected chi connectivity index (χ2v) is 10.4. The molecule has 7 heteroatoms. The lowest BCUT2D eigenvalue weighted by Gasteiger charge is -2.25. The maximum atomic E-state index is 13.4. The van der Waals surface area contributed by atoms with Crippen LogP contribution in [0.4, 0.5) is 0 Å². The summed E-state index contributed by atoms with van der Waals surface area (Å²) in [6.45, 7) is 9.04. The van der Waals surface area contributed by atoms with Gasteiger partial charge in [0.2, 0.25) is 10.0 Å². The van der Waals surface area contributed by atoms with E-state index < -0.39 is 10.0 Å². The van der Waals surface area contributed by atoms with Gasteiger partial charge in [-0.25, -0.2) is 13.1 Å². The zero-order valence-corrected chi connectivity index (χ0v) is 19.9. The van der Waals surface area contributed by atoms with Crippen LogP contribution in [0.2, 0.25) is 0 Å². The summed E-state index contributed by atoms with van der Waals surface area (Å²) in [5.74, 6) is 0.0761. The Hall–Kier alpha value is -2.64. The lowest BCUT2D eigenvalue weighted by Crippen LogP contribution is -2.35. The van der Waals surface area contributed by atoms with E-state index >= 15 is 0 Å². The van der Waals surface area contributed by atoms with Crippen LogP contribution in [0.15, 0.2) is 39.6 Å². The molecule has 1 N–H and O–H groups in total. The number of benzene rings is 2. The van der Waals surface area contributed by atoms with Crippen molar-refractivity contribution in [3.8, 4) is 0 Å². The minimum Gasteiger partial charge on any atom is -0.449 e. The minimum absolute atomic E-state index is 0.113. The Kier molecular flexibility index (Phi) is 6.14. The summed E-state index contributed by atoms with van der Waals surface area (Å²) < 4.78 is 35.6. The van der Waals surface area contributed by atoms with Gasteiger partial charge in [-0.2, -0.15) is 0 Å². The first kappa shape index (κ1) is 22.6. The fourth-order valence-electron chi connectivity index (χ4n) is 4.36. The largest absolute Gasteiger partial charge is 0.449 e. The van der Waals surface area contributed by atoms with Crippen molar-refractivity contribution < 1.29 is 17.6 Å². The molecule has 1 saturated heterocycles. The molecule has 0 radical (unpaired) electrons. The van der Waals surface area contributed by atoms with Crippen LogP contribution < -0.4 is 4.72 Å².